The SMILES string of the molecule is CCCc1c2oc(C(=O)Oc3ccc([N+](=O)[O-])cc3)cc(=O)c2cc2c(=O)cc(C(=O)Oc3ccc([N+](=O)[O-])cc3)oc12. The van der Waals surface area contributed by atoms with Gasteiger partial charge in [0.25, 0.3) is 11.4 Å². The zero-order valence-electron chi connectivity index (χ0n) is 22.1. The van der Waals surface area contributed by atoms with Crippen molar-refractivity contribution in [1.82, 2.24) is 0 Å². The van der Waals surface area contributed by atoms with Crippen LogP contribution in [-0.4, -0.2) is 21.8 Å². The molecule has 14 nitrogen and oxygen atoms in total. The van der Waals surface area contributed by atoms with Crippen molar-refractivity contribution in [3.8, 4) is 11.5 Å². The molecule has 0 saturated carbocycles. The number of benzene rings is 3. The fourth-order valence-electron chi connectivity index (χ4n) is 4.24. The number of hydrogen-bond donors (Lipinski definition) is 0. The van der Waals surface area contributed by atoms with Crippen LogP contribution < -0.4 is 20.3 Å². The van der Waals surface area contributed by atoms with Crippen LogP contribution in [0.3, 0.4) is 0 Å². The van der Waals surface area contributed by atoms with Gasteiger partial charge in [0, 0.05) is 42.0 Å². The van der Waals surface area contributed by atoms with Crippen LogP contribution >= 0.6 is 0 Å². The topological polar surface area (TPSA) is 199 Å². The number of carbonyl (C=O) groups excluding carboxylic acids is 2. The van der Waals surface area contributed by atoms with Gasteiger partial charge >= 0.3 is 11.9 Å². The maximum Gasteiger partial charge on any atom is 0.379 e. The molecule has 0 amide bonds. The summed E-state index contributed by atoms with van der Waals surface area (Å²) in [6.45, 7) is 1.81. The lowest BCUT2D eigenvalue weighted by Gasteiger charge is -2.11. The van der Waals surface area contributed by atoms with E-state index in [-0.39, 0.29) is 56.8 Å². The summed E-state index contributed by atoms with van der Waals surface area (Å²) in [6, 6.07) is 12.4. The van der Waals surface area contributed by atoms with E-state index in [1.807, 2.05) is 0 Å². The molecule has 216 valence electrons. The molecule has 0 bridgehead atoms. The molecule has 5 rings (SSSR count). The molecule has 0 atom stereocenters. The van der Waals surface area contributed by atoms with Crippen LogP contribution in [0.4, 0.5) is 11.4 Å². The first-order valence-electron chi connectivity index (χ1n) is 12.6. The minimum atomic E-state index is -1.06. The first-order chi connectivity index (χ1) is 20.5. The van der Waals surface area contributed by atoms with E-state index in [9.17, 15) is 39.4 Å². The summed E-state index contributed by atoms with van der Waals surface area (Å²) in [5.41, 5.74) is -1.65. The van der Waals surface area contributed by atoms with Gasteiger partial charge in [0.15, 0.2) is 10.9 Å². The van der Waals surface area contributed by atoms with Crippen LogP contribution in [0.2, 0.25) is 0 Å². The number of rotatable bonds is 8. The van der Waals surface area contributed by atoms with Gasteiger partial charge in [0.1, 0.15) is 22.7 Å². The molecule has 14 heteroatoms. The van der Waals surface area contributed by atoms with Crippen molar-refractivity contribution < 1.29 is 37.7 Å². The van der Waals surface area contributed by atoms with Crippen LogP contribution in [0, 0.1) is 20.2 Å². The van der Waals surface area contributed by atoms with E-state index in [0.29, 0.717) is 6.42 Å². The van der Waals surface area contributed by atoms with E-state index in [2.05, 4.69) is 0 Å². The van der Waals surface area contributed by atoms with Gasteiger partial charge in [-0.05, 0) is 36.8 Å². The minimum absolute atomic E-state index is 0.0173. The summed E-state index contributed by atoms with van der Waals surface area (Å²) in [7, 11) is 0. The van der Waals surface area contributed by atoms with Crippen LogP contribution in [0.25, 0.3) is 21.9 Å². The van der Waals surface area contributed by atoms with Crippen molar-refractivity contribution in [3.05, 3.63) is 124 Å². The monoisotopic (exact) mass is 586 g/mol. The highest BCUT2D eigenvalue weighted by atomic mass is 16.6. The van der Waals surface area contributed by atoms with Crippen LogP contribution in [-0.2, 0) is 6.42 Å². The van der Waals surface area contributed by atoms with Crippen molar-refractivity contribution in [2.75, 3.05) is 0 Å². The van der Waals surface area contributed by atoms with E-state index < -0.39 is 44.2 Å². The zero-order valence-corrected chi connectivity index (χ0v) is 22.1. The Morgan fingerprint density at radius 2 is 1.09 bits per heavy atom. The number of nitro benzene ring substituents is 2. The molecule has 0 aliphatic rings. The number of carbonyl (C=O) groups is 2. The number of esters is 2. The van der Waals surface area contributed by atoms with E-state index in [4.69, 9.17) is 18.3 Å². The smallest absolute Gasteiger partial charge is 0.379 e. The summed E-state index contributed by atoms with van der Waals surface area (Å²) in [5, 5.41) is 21.7. The standard InChI is InChI=1S/C29H18N2O12/c1-2-3-19-26-20(22(32)13-24(42-26)28(34)40-17-8-4-15(5-9-17)30(36)37)12-21-23(33)14-25(43-27(19)21)29(35)41-18-10-6-16(7-11-18)31(38)39/h4-14H,2-3H2,1H3. The molecule has 2 aromatic heterocycles. The number of nitro groups is 2. The summed E-state index contributed by atoms with van der Waals surface area (Å²) >= 11 is 0. The Bertz CT molecular complexity index is 1920. The molecule has 5 aromatic rings. The number of ether oxygens (including phenoxy) is 2. The lowest BCUT2D eigenvalue weighted by molar-refractivity contribution is -0.385. The van der Waals surface area contributed by atoms with Crippen molar-refractivity contribution in [2.45, 2.75) is 19.8 Å². The number of non-ortho nitro benzene ring substituents is 2. The van der Waals surface area contributed by atoms with Gasteiger partial charge in [-0.2, -0.15) is 0 Å². The normalized spacial score (nSPS) is 10.9. The van der Waals surface area contributed by atoms with E-state index in [1.165, 1.54) is 30.3 Å². The molecule has 0 radical (unpaired) electrons. The molecule has 0 spiro atoms. The fraction of sp³-hybridized carbons (Fsp3) is 0.103. The average Bonchev–Trinajstić information content (AvgIpc) is 2.98. The summed E-state index contributed by atoms with van der Waals surface area (Å²) in [6.07, 6.45) is 0.692. The molecular weight excluding hydrogens is 568 g/mol. The molecular formula is C29H18N2O12. The van der Waals surface area contributed by atoms with Crippen LogP contribution in [0.1, 0.15) is 40.0 Å². The van der Waals surface area contributed by atoms with Crippen molar-refractivity contribution in [1.29, 1.82) is 0 Å². The second kappa shape index (κ2) is 11.4. The highest BCUT2D eigenvalue weighted by Crippen LogP contribution is 2.29. The van der Waals surface area contributed by atoms with Crippen molar-refractivity contribution in [2.24, 2.45) is 0 Å². The van der Waals surface area contributed by atoms with Crippen molar-refractivity contribution >= 4 is 45.3 Å². The molecule has 3 aromatic carbocycles. The van der Waals surface area contributed by atoms with Gasteiger partial charge in [-0.3, -0.25) is 29.8 Å². The Hall–Kier alpha value is -6.18. The predicted molar refractivity (Wildman–Crippen MR) is 149 cm³/mol. The molecule has 0 aliphatic carbocycles. The molecule has 0 N–H and O–H groups in total. The Balaban J connectivity index is 1.56. The third-order valence-electron chi connectivity index (χ3n) is 6.22. The molecule has 2 heterocycles. The zero-order chi connectivity index (χ0) is 30.8. The quantitative estimate of drug-likeness (QED) is 0.0766. The van der Waals surface area contributed by atoms with Gasteiger partial charge in [-0.1, -0.05) is 13.3 Å². The third kappa shape index (κ3) is 5.69. The third-order valence-corrected chi connectivity index (χ3v) is 6.22. The first-order valence-corrected chi connectivity index (χ1v) is 12.6. The number of nitrogens with zero attached hydrogens (tertiary/aromatic N) is 2. The number of aryl methyl sites for hydroxylation is 1. The molecule has 0 fully saturated rings. The molecule has 0 unspecified atom stereocenters. The number of hydrogen-bond acceptors (Lipinski definition) is 12. The summed E-state index contributed by atoms with van der Waals surface area (Å²) in [5.74, 6) is -3.15. The van der Waals surface area contributed by atoms with Crippen molar-refractivity contribution in [3.63, 3.8) is 0 Å². The second-order valence-corrected chi connectivity index (χ2v) is 9.09. The first kappa shape index (κ1) is 28.4. The van der Waals surface area contributed by atoms with Crippen LogP contribution in [0.5, 0.6) is 11.5 Å². The largest absolute Gasteiger partial charge is 0.448 e. The van der Waals surface area contributed by atoms with E-state index >= 15 is 0 Å². The van der Waals surface area contributed by atoms with Gasteiger partial charge in [-0.15, -0.1) is 0 Å². The second-order valence-electron chi connectivity index (χ2n) is 9.09. The maximum absolute atomic E-state index is 13.0. The Morgan fingerprint density at radius 1 is 0.698 bits per heavy atom. The van der Waals surface area contributed by atoms with Gasteiger partial charge in [-0.25, -0.2) is 9.59 Å². The number of fused-ring (bicyclic) bond motifs is 2. The Morgan fingerprint density at radius 3 is 1.44 bits per heavy atom. The fourth-order valence-corrected chi connectivity index (χ4v) is 4.24. The predicted octanol–water partition coefficient (Wildman–Crippen LogP) is 5.11. The summed E-state index contributed by atoms with van der Waals surface area (Å²) in [4.78, 5) is 72.2. The Labute approximate surface area is 239 Å². The lowest BCUT2D eigenvalue weighted by atomic mass is 10.0. The van der Waals surface area contributed by atoms with E-state index in [0.717, 1.165) is 36.4 Å². The van der Waals surface area contributed by atoms with Gasteiger partial charge < -0.3 is 18.3 Å². The van der Waals surface area contributed by atoms with Crippen LogP contribution in [0.15, 0.2) is 85.2 Å². The molecule has 0 aliphatic heterocycles. The van der Waals surface area contributed by atoms with Gasteiger partial charge in [0.2, 0.25) is 11.5 Å². The lowest BCUT2D eigenvalue weighted by Crippen LogP contribution is -2.15. The average molecular weight is 586 g/mol. The highest BCUT2D eigenvalue weighted by molar-refractivity contribution is 5.99. The molecule has 0 saturated heterocycles. The molecule has 43 heavy (non-hydrogen) atoms. The Kier molecular flexibility index (Phi) is 7.49. The highest BCUT2D eigenvalue weighted by Gasteiger charge is 2.23. The van der Waals surface area contributed by atoms with Gasteiger partial charge in [0.05, 0.1) is 20.6 Å². The van der Waals surface area contributed by atoms with E-state index in [1.54, 1.807) is 6.92 Å². The summed E-state index contributed by atoms with van der Waals surface area (Å²) < 4.78 is 22.0. The minimum Gasteiger partial charge on any atom is -0.448 e. The maximum atomic E-state index is 13.0.